The number of rotatable bonds is 8. The number of carbonyl (C=O) groups is 5. The molecule has 2 rings (SSSR count). The minimum absolute atomic E-state index is 0.112. The van der Waals surface area contributed by atoms with Crippen LogP contribution >= 0.6 is 0 Å². The Kier molecular flexibility index (Phi) is 6.80. The van der Waals surface area contributed by atoms with Crippen LogP contribution in [0.4, 0.5) is 14.9 Å². The van der Waals surface area contributed by atoms with E-state index in [1.165, 1.54) is 31.3 Å². The Morgan fingerprint density at radius 3 is 2.29 bits per heavy atom. The zero-order chi connectivity index (χ0) is 20.8. The Morgan fingerprint density at radius 2 is 1.68 bits per heavy atom. The van der Waals surface area contributed by atoms with Crippen molar-refractivity contribution in [3.63, 3.8) is 0 Å². The second-order valence-corrected chi connectivity index (χ2v) is 6.29. The number of amides is 6. The molecule has 0 saturated carbocycles. The van der Waals surface area contributed by atoms with E-state index in [1.54, 1.807) is 0 Å². The summed E-state index contributed by atoms with van der Waals surface area (Å²) in [5.74, 6) is -3.68. The maximum absolute atomic E-state index is 12.9. The summed E-state index contributed by atoms with van der Waals surface area (Å²) in [6.07, 6.45) is 1.28. The van der Waals surface area contributed by atoms with E-state index in [1.807, 2.05) is 6.92 Å². The van der Waals surface area contributed by atoms with Crippen molar-refractivity contribution in [1.82, 2.24) is 14.7 Å². The number of imide groups is 2. The zero-order valence-electron chi connectivity index (χ0n) is 15.6. The Morgan fingerprint density at radius 1 is 1.07 bits per heavy atom. The molecule has 0 aromatic heterocycles. The second kappa shape index (κ2) is 9.07. The third-order valence-corrected chi connectivity index (χ3v) is 4.10. The number of carbonyl (C=O) groups excluding carboxylic acids is 5. The maximum Gasteiger partial charge on any atom is 0.334 e. The fourth-order valence-corrected chi connectivity index (χ4v) is 2.50. The molecule has 0 radical (unpaired) electrons. The van der Waals surface area contributed by atoms with Gasteiger partial charge in [-0.15, -0.1) is 0 Å². The smallest absolute Gasteiger partial charge is 0.334 e. The van der Waals surface area contributed by atoms with Crippen molar-refractivity contribution in [2.45, 2.75) is 19.8 Å². The van der Waals surface area contributed by atoms with Crippen LogP contribution < -0.4 is 5.32 Å². The lowest BCUT2D eigenvalue weighted by Gasteiger charge is -2.20. The third-order valence-electron chi connectivity index (χ3n) is 4.10. The monoisotopic (exact) mass is 392 g/mol. The molecule has 0 atom stereocenters. The Hall–Kier alpha value is -3.30. The highest BCUT2D eigenvalue weighted by atomic mass is 19.1. The lowest BCUT2D eigenvalue weighted by molar-refractivity contribution is -0.145. The molecule has 0 spiro atoms. The average Bonchev–Trinajstić information content (AvgIpc) is 2.85. The Labute approximate surface area is 161 Å². The molecule has 1 aromatic rings. The molecule has 9 nitrogen and oxygen atoms in total. The van der Waals surface area contributed by atoms with Crippen LogP contribution in [-0.4, -0.2) is 71.0 Å². The van der Waals surface area contributed by atoms with Gasteiger partial charge in [-0.2, -0.15) is 0 Å². The first-order chi connectivity index (χ1) is 13.2. The number of nitrogens with one attached hydrogen (secondary N) is 1. The van der Waals surface area contributed by atoms with E-state index in [9.17, 15) is 28.4 Å². The van der Waals surface area contributed by atoms with E-state index < -0.39 is 42.0 Å². The van der Waals surface area contributed by atoms with Crippen LogP contribution in [0.1, 0.15) is 19.8 Å². The third kappa shape index (κ3) is 4.90. The SMILES string of the molecule is CCCCN1C(=O)C(=O)N(CC(=O)N(C)CC(=O)Nc2ccc(F)cc2)C1=O. The quantitative estimate of drug-likeness (QED) is 0.521. The van der Waals surface area contributed by atoms with Crippen molar-refractivity contribution in [3.05, 3.63) is 30.1 Å². The molecule has 1 aromatic carbocycles. The van der Waals surface area contributed by atoms with Crippen LogP contribution in [-0.2, 0) is 19.2 Å². The van der Waals surface area contributed by atoms with Gasteiger partial charge in [-0.25, -0.2) is 14.1 Å². The molecule has 1 aliphatic rings. The number of hydrogen-bond acceptors (Lipinski definition) is 5. The van der Waals surface area contributed by atoms with Gasteiger partial charge in [-0.1, -0.05) is 13.3 Å². The molecule has 0 bridgehead atoms. The molecule has 0 aliphatic carbocycles. The van der Waals surface area contributed by atoms with Crippen molar-refractivity contribution < 1.29 is 28.4 Å². The van der Waals surface area contributed by atoms with Gasteiger partial charge in [0.1, 0.15) is 12.4 Å². The molecule has 0 unspecified atom stereocenters. The van der Waals surface area contributed by atoms with Crippen molar-refractivity contribution in [2.75, 3.05) is 32.0 Å². The first kappa shape index (κ1) is 21.0. The van der Waals surface area contributed by atoms with Gasteiger partial charge in [0.15, 0.2) is 0 Å². The number of anilines is 1. The first-order valence-corrected chi connectivity index (χ1v) is 8.71. The van der Waals surface area contributed by atoms with Crippen molar-refractivity contribution in [2.24, 2.45) is 0 Å². The van der Waals surface area contributed by atoms with Crippen LogP contribution in [0.15, 0.2) is 24.3 Å². The van der Waals surface area contributed by atoms with E-state index in [-0.39, 0.29) is 13.1 Å². The number of likely N-dealkylation sites (N-methyl/N-ethyl adjacent to an activating group) is 1. The first-order valence-electron chi connectivity index (χ1n) is 8.71. The van der Waals surface area contributed by atoms with E-state index in [4.69, 9.17) is 0 Å². The number of halogens is 1. The highest BCUT2D eigenvalue weighted by molar-refractivity contribution is 6.45. The van der Waals surface area contributed by atoms with Crippen LogP contribution in [0, 0.1) is 5.82 Å². The predicted molar refractivity (Wildman–Crippen MR) is 96.4 cm³/mol. The van der Waals surface area contributed by atoms with Crippen LogP contribution in [0.5, 0.6) is 0 Å². The van der Waals surface area contributed by atoms with Gasteiger partial charge in [0.05, 0.1) is 6.54 Å². The van der Waals surface area contributed by atoms with Crippen molar-refractivity contribution in [1.29, 1.82) is 0 Å². The number of unbranched alkanes of at least 4 members (excludes halogenated alkanes) is 1. The van der Waals surface area contributed by atoms with Gasteiger partial charge in [0.2, 0.25) is 11.8 Å². The summed E-state index contributed by atoms with van der Waals surface area (Å²) in [6, 6.07) is 4.26. The normalized spacial score (nSPS) is 13.9. The van der Waals surface area contributed by atoms with Gasteiger partial charge in [0.25, 0.3) is 0 Å². The Balaban J connectivity index is 1.91. The average molecular weight is 392 g/mol. The molecule has 28 heavy (non-hydrogen) atoms. The topological polar surface area (TPSA) is 107 Å². The number of hydrogen-bond donors (Lipinski definition) is 1. The van der Waals surface area contributed by atoms with Gasteiger partial charge in [0, 0.05) is 19.3 Å². The molecule has 1 N–H and O–H groups in total. The minimum Gasteiger partial charge on any atom is -0.335 e. The summed E-state index contributed by atoms with van der Waals surface area (Å²) in [7, 11) is 1.33. The molecule has 6 amide bonds. The summed E-state index contributed by atoms with van der Waals surface area (Å²) >= 11 is 0. The van der Waals surface area contributed by atoms with Crippen LogP contribution in [0.25, 0.3) is 0 Å². The van der Waals surface area contributed by atoms with E-state index in [2.05, 4.69) is 5.32 Å². The molecular weight excluding hydrogens is 371 g/mol. The summed E-state index contributed by atoms with van der Waals surface area (Å²) < 4.78 is 12.9. The van der Waals surface area contributed by atoms with Crippen LogP contribution in [0.3, 0.4) is 0 Å². The maximum atomic E-state index is 12.9. The van der Waals surface area contributed by atoms with E-state index in [0.29, 0.717) is 17.0 Å². The van der Waals surface area contributed by atoms with E-state index in [0.717, 1.165) is 16.2 Å². The molecule has 1 aliphatic heterocycles. The molecule has 1 saturated heterocycles. The second-order valence-electron chi connectivity index (χ2n) is 6.29. The van der Waals surface area contributed by atoms with Gasteiger partial charge in [-0.05, 0) is 30.7 Å². The fourth-order valence-electron chi connectivity index (χ4n) is 2.50. The lowest BCUT2D eigenvalue weighted by Crippen LogP contribution is -2.44. The largest absolute Gasteiger partial charge is 0.335 e. The van der Waals surface area contributed by atoms with Crippen LogP contribution in [0.2, 0.25) is 0 Å². The molecule has 1 heterocycles. The van der Waals surface area contributed by atoms with Crippen molar-refractivity contribution in [3.8, 4) is 0 Å². The standard InChI is InChI=1S/C18H21FN4O5/c1-3-4-9-22-16(26)17(27)23(18(22)28)11-15(25)21(2)10-14(24)20-13-7-5-12(19)6-8-13/h5-8H,3-4,9-11H2,1-2H3,(H,20,24). The number of benzene rings is 1. The molecule has 10 heteroatoms. The van der Waals surface area contributed by atoms with Gasteiger partial charge in [-0.3, -0.25) is 24.1 Å². The Bertz CT molecular complexity index is 796. The predicted octanol–water partition coefficient (Wildman–Crippen LogP) is 0.813. The highest BCUT2D eigenvalue weighted by Crippen LogP contribution is 2.13. The molecule has 1 fully saturated rings. The molecule has 150 valence electrons. The summed E-state index contributed by atoms with van der Waals surface area (Å²) in [4.78, 5) is 62.8. The number of nitrogens with zero attached hydrogens (tertiary/aromatic N) is 3. The fraction of sp³-hybridized carbons (Fsp3) is 0.389. The van der Waals surface area contributed by atoms with E-state index >= 15 is 0 Å². The minimum atomic E-state index is -1.06. The van der Waals surface area contributed by atoms with Gasteiger partial charge >= 0.3 is 17.8 Å². The summed E-state index contributed by atoms with van der Waals surface area (Å²) in [5.41, 5.74) is 0.356. The zero-order valence-corrected chi connectivity index (χ0v) is 15.6. The summed E-state index contributed by atoms with van der Waals surface area (Å²) in [5, 5.41) is 2.49. The van der Waals surface area contributed by atoms with Gasteiger partial charge < -0.3 is 10.2 Å². The highest BCUT2D eigenvalue weighted by Gasteiger charge is 2.45. The molecular formula is C18H21FN4O5. The lowest BCUT2D eigenvalue weighted by atomic mass is 10.3. The summed E-state index contributed by atoms with van der Waals surface area (Å²) in [6.45, 7) is 1.01. The van der Waals surface area contributed by atoms with Crippen molar-refractivity contribution >= 4 is 35.3 Å². The number of urea groups is 1.